The van der Waals surface area contributed by atoms with E-state index in [1.54, 1.807) is 32.2 Å². The van der Waals surface area contributed by atoms with Gasteiger partial charge < -0.3 is 15.0 Å². The van der Waals surface area contributed by atoms with Crippen LogP contribution in [0.25, 0.3) is 0 Å². The molecule has 1 fully saturated rings. The van der Waals surface area contributed by atoms with Gasteiger partial charge in [0.1, 0.15) is 18.3 Å². The molecule has 0 saturated heterocycles. The van der Waals surface area contributed by atoms with E-state index in [1.165, 1.54) is 23.1 Å². The summed E-state index contributed by atoms with van der Waals surface area (Å²) in [7, 11) is -2.35. The molecule has 0 heterocycles. The molecule has 3 rings (SSSR count). The van der Waals surface area contributed by atoms with Crippen LogP contribution >= 0.6 is 23.2 Å². The van der Waals surface area contributed by atoms with Crippen molar-refractivity contribution >= 4 is 50.7 Å². The third kappa shape index (κ3) is 7.27. The molecule has 11 heteroatoms. The SMILES string of the molecule is COc1cccc(CN(C(=O)CN(c2ccc(Cl)cc2Cl)S(C)(=O)=O)C(C)C(=O)NC2CCCC2)c1. The number of halogens is 2. The molecule has 1 aliphatic carbocycles. The van der Waals surface area contributed by atoms with E-state index >= 15 is 0 Å². The Bertz CT molecular complexity index is 1200. The molecule has 0 bridgehead atoms. The first-order valence-electron chi connectivity index (χ1n) is 11.6. The predicted molar refractivity (Wildman–Crippen MR) is 142 cm³/mol. The largest absolute Gasteiger partial charge is 0.497 e. The van der Waals surface area contributed by atoms with E-state index in [9.17, 15) is 18.0 Å². The summed E-state index contributed by atoms with van der Waals surface area (Å²) >= 11 is 12.2. The molecule has 1 aliphatic rings. The van der Waals surface area contributed by atoms with Crippen molar-refractivity contribution in [3.05, 3.63) is 58.1 Å². The van der Waals surface area contributed by atoms with Gasteiger partial charge in [-0.25, -0.2) is 8.42 Å². The third-order valence-corrected chi connectivity index (χ3v) is 7.88. The van der Waals surface area contributed by atoms with E-state index in [4.69, 9.17) is 27.9 Å². The molecule has 8 nitrogen and oxygen atoms in total. The van der Waals surface area contributed by atoms with Crippen molar-refractivity contribution in [1.82, 2.24) is 10.2 Å². The van der Waals surface area contributed by atoms with Crippen molar-refractivity contribution in [2.24, 2.45) is 0 Å². The first kappa shape index (κ1) is 28.1. The number of sulfonamides is 1. The Morgan fingerprint density at radius 2 is 1.83 bits per heavy atom. The van der Waals surface area contributed by atoms with Crippen LogP contribution in [-0.2, 0) is 26.2 Å². The van der Waals surface area contributed by atoms with Crippen LogP contribution in [0.3, 0.4) is 0 Å². The van der Waals surface area contributed by atoms with E-state index in [2.05, 4.69) is 5.32 Å². The molecule has 196 valence electrons. The molecule has 1 atom stereocenters. The van der Waals surface area contributed by atoms with Gasteiger partial charge in [-0.05, 0) is 55.7 Å². The summed E-state index contributed by atoms with van der Waals surface area (Å²) in [6.45, 7) is 1.19. The number of methoxy groups -OCH3 is 1. The number of carbonyl (C=O) groups excluding carboxylic acids is 2. The number of amides is 2. The Morgan fingerprint density at radius 3 is 2.44 bits per heavy atom. The van der Waals surface area contributed by atoms with E-state index < -0.39 is 28.5 Å². The Hall–Kier alpha value is -2.49. The highest BCUT2D eigenvalue weighted by Gasteiger charge is 2.32. The fourth-order valence-electron chi connectivity index (χ4n) is 4.22. The number of rotatable bonds is 10. The van der Waals surface area contributed by atoms with Crippen molar-refractivity contribution in [2.75, 3.05) is 24.2 Å². The number of anilines is 1. The fourth-order valence-corrected chi connectivity index (χ4v) is 5.64. The van der Waals surface area contributed by atoms with E-state index in [1.807, 2.05) is 6.07 Å². The second-order valence-corrected chi connectivity index (χ2v) is 11.7. The van der Waals surface area contributed by atoms with Gasteiger partial charge >= 0.3 is 0 Å². The maximum absolute atomic E-state index is 13.6. The molecule has 0 spiro atoms. The van der Waals surface area contributed by atoms with Crippen LogP contribution in [0.4, 0.5) is 5.69 Å². The number of carbonyl (C=O) groups is 2. The molecule has 1 N–H and O–H groups in total. The molecule has 2 aromatic rings. The van der Waals surface area contributed by atoms with E-state index in [-0.39, 0.29) is 29.2 Å². The van der Waals surface area contributed by atoms with Crippen LogP contribution in [0.2, 0.25) is 10.0 Å². The number of hydrogen-bond acceptors (Lipinski definition) is 5. The normalized spacial score (nSPS) is 14.8. The van der Waals surface area contributed by atoms with Crippen molar-refractivity contribution in [1.29, 1.82) is 0 Å². The zero-order valence-electron chi connectivity index (χ0n) is 20.5. The van der Waals surface area contributed by atoms with Gasteiger partial charge in [0, 0.05) is 17.6 Å². The quantitative estimate of drug-likeness (QED) is 0.472. The van der Waals surface area contributed by atoms with Gasteiger partial charge in [0.2, 0.25) is 21.8 Å². The van der Waals surface area contributed by atoms with Crippen LogP contribution in [0, 0.1) is 0 Å². The molecule has 2 amide bonds. The van der Waals surface area contributed by atoms with Gasteiger partial charge in [-0.1, -0.05) is 48.2 Å². The monoisotopic (exact) mass is 555 g/mol. The minimum absolute atomic E-state index is 0.0779. The highest BCUT2D eigenvalue weighted by Crippen LogP contribution is 2.30. The minimum Gasteiger partial charge on any atom is -0.497 e. The van der Waals surface area contributed by atoms with Crippen LogP contribution in [0.15, 0.2) is 42.5 Å². The number of ether oxygens (including phenoxy) is 1. The van der Waals surface area contributed by atoms with Gasteiger partial charge in [-0.2, -0.15) is 0 Å². The third-order valence-electron chi connectivity index (χ3n) is 6.21. The summed E-state index contributed by atoms with van der Waals surface area (Å²) in [5, 5.41) is 3.45. The maximum Gasteiger partial charge on any atom is 0.244 e. The lowest BCUT2D eigenvalue weighted by Gasteiger charge is -2.32. The summed E-state index contributed by atoms with van der Waals surface area (Å²) in [5.74, 6) is -0.231. The lowest BCUT2D eigenvalue weighted by Crippen LogP contribution is -2.52. The summed E-state index contributed by atoms with van der Waals surface area (Å²) in [6.07, 6.45) is 4.90. The van der Waals surface area contributed by atoms with Crippen LogP contribution in [-0.4, -0.2) is 57.1 Å². The first-order chi connectivity index (χ1) is 17.0. The van der Waals surface area contributed by atoms with Gasteiger partial charge in [-0.15, -0.1) is 0 Å². The lowest BCUT2D eigenvalue weighted by molar-refractivity contribution is -0.139. The molecule has 2 aromatic carbocycles. The second-order valence-electron chi connectivity index (χ2n) is 8.90. The zero-order chi connectivity index (χ0) is 26.5. The summed E-state index contributed by atoms with van der Waals surface area (Å²) in [4.78, 5) is 28.1. The molecule has 1 unspecified atom stereocenters. The van der Waals surface area contributed by atoms with Crippen molar-refractivity contribution < 1.29 is 22.7 Å². The lowest BCUT2D eigenvalue weighted by atomic mass is 10.1. The van der Waals surface area contributed by atoms with Crippen molar-refractivity contribution in [3.8, 4) is 5.75 Å². The van der Waals surface area contributed by atoms with Gasteiger partial charge in [0.05, 0.1) is 24.1 Å². The zero-order valence-corrected chi connectivity index (χ0v) is 22.9. The Balaban J connectivity index is 1.91. The van der Waals surface area contributed by atoms with Crippen LogP contribution in [0.5, 0.6) is 5.75 Å². The van der Waals surface area contributed by atoms with E-state index in [0.29, 0.717) is 10.8 Å². The van der Waals surface area contributed by atoms with Crippen LogP contribution < -0.4 is 14.4 Å². The molecule has 36 heavy (non-hydrogen) atoms. The standard InChI is InChI=1S/C25H31Cl2N3O5S/c1-17(25(32)28-20-8-4-5-9-20)29(15-18-7-6-10-21(13-18)35-2)24(31)16-30(36(3,33)34)23-12-11-19(26)14-22(23)27/h6-7,10-14,17,20H,4-5,8-9,15-16H2,1-3H3,(H,28,32). The predicted octanol–water partition coefficient (Wildman–Crippen LogP) is 4.24. The van der Waals surface area contributed by atoms with E-state index in [0.717, 1.165) is 41.8 Å². The summed E-state index contributed by atoms with van der Waals surface area (Å²) in [6, 6.07) is 10.7. The molecule has 1 saturated carbocycles. The van der Waals surface area contributed by atoms with Gasteiger partial charge in [0.15, 0.2) is 0 Å². The first-order valence-corrected chi connectivity index (χ1v) is 14.3. The Kier molecular flexibility index (Phi) is 9.49. The van der Waals surface area contributed by atoms with Crippen molar-refractivity contribution in [3.63, 3.8) is 0 Å². The van der Waals surface area contributed by atoms with Crippen LogP contribution in [0.1, 0.15) is 38.2 Å². The fraction of sp³-hybridized carbons (Fsp3) is 0.440. The van der Waals surface area contributed by atoms with Gasteiger partial charge in [-0.3, -0.25) is 13.9 Å². The number of nitrogens with one attached hydrogen (secondary N) is 1. The highest BCUT2D eigenvalue weighted by molar-refractivity contribution is 7.92. The summed E-state index contributed by atoms with van der Waals surface area (Å²) < 4.78 is 31.6. The average Bonchev–Trinajstić information content (AvgIpc) is 3.33. The molecule has 0 aromatic heterocycles. The van der Waals surface area contributed by atoms with Gasteiger partial charge in [0.25, 0.3) is 0 Å². The Morgan fingerprint density at radius 1 is 1.14 bits per heavy atom. The van der Waals surface area contributed by atoms with Crippen molar-refractivity contribution in [2.45, 2.75) is 51.2 Å². The number of hydrogen-bond donors (Lipinski definition) is 1. The highest BCUT2D eigenvalue weighted by atomic mass is 35.5. The molecular formula is C25H31Cl2N3O5S. The second kappa shape index (κ2) is 12.2. The minimum atomic E-state index is -3.89. The number of nitrogens with zero attached hydrogens (tertiary/aromatic N) is 2. The summed E-state index contributed by atoms with van der Waals surface area (Å²) in [5.41, 5.74) is 0.861. The molecule has 0 radical (unpaired) electrons. The topological polar surface area (TPSA) is 96.0 Å². The number of benzene rings is 2. The average molecular weight is 557 g/mol. The molecular weight excluding hydrogens is 525 g/mol. The maximum atomic E-state index is 13.6. The smallest absolute Gasteiger partial charge is 0.244 e. The molecule has 0 aliphatic heterocycles. The Labute approximate surface area is 222 Å².